The van der Waals surface area contributed by atoms with E-state index >= 15 is 26.3 Å². The third kappa shape index (κ3) is 7.73. The third-order valence-corrected chi connectivity index (χ3v) is 11.8. The number of para-hydroxylation sites is 1. The summed E-state index contributed by atoms with van der Waals surface area (Å²) in [5.41, 5.74) is 2.69. The molecule has 0 N–H and O–H groups in total. The van der Waals surface area contributed by atoms with E-state index in [1.54, 1.807) is 53.1 Å². The molecule has 0 saturated carbocycles. The number of aromatic nitrogens is 3. The lowest BCUT2D eigenvalue weighted by atomic mass is 9.88. The highest BCUT2D eigenvalue weighted by molar-refractivity contribution is 6.12. The number of rotatable bonds is 7. The van der Waals surface area contributed by atoms with Crippen molar-refractivity contribution in [2.45, 2.75) is 12.4 Å². The monoisotopic (exact) mass is 887 g/mol. The number of fused-ring (bicyclic) bond motifs is 3. The van der Waals surface area contributed by atoms with Crippen LogP contribution in [0.15, 0.2) is 188 Å². The van der Waals surface area contributed by atoms with Gasteiger partial charge in [0, 0.05) is 38.6 Å². The molecule has 5 nitrogen and oxygen atoms in total. The van der Waals surface area contributed by atoms with Crippen molar-refractivity contribution in [2.24, 2.45) is 0 Å². The van der Waals surface area contributed by atoms with Gasteiger partial charge in [0.2, 0.25) is 0 Å². The average molecular weight is 888 g/mol. The fourth-order valence-electron chi connectivity index (χ4n) is 8.77. The van der Waals surface area contributed by atoms with Gasteiger partial charge in [0.1, 0.15) is 0 Å². The summed E-state index contributed by atoms with van der Waals surface area (Å²) in [6.07, 6.45) is -9.76. The quantitative estimate of drug-likeness (QED) is 0.149. The van der Waals surface area contributed by atoms with Crippen molar-refractivity contribution < 1.29 is 26.3 Å². The van der Waals surface area contributed by atoms with Crippen LogP contribution >= 0.6 is 0 Å². The van der Waals surface area contributed by atoms with Crippen molar-refractivity contribution in [1.29, 1.82) is 10.5 Å². The number of nitrogens with zero attached hydrogens (tertiary/aromatic N) is 5. The van der Waals surface area contributed by atoms with Crippen LogP contribution in [-0.4, -0.2) is 14.5 Å². The van der Waals surface area contributed by atoms with E-state index in [2.05, 4.69) is 12.1 Å². The molecule has 2 heterocycles. The van der Waals surface area contributed by atoms with Crippen LogP contribution in [0, 0.1) is 22.7 Å². The van der Waals surface area contributed by atoms with E-state index in [4.69, 9.17) is 9.97 Å². The van der Waals surface area contributed by atoms with Crippen molar-refractivity contribution >= 4 is 21.8 Å². The summed E-state index contributed by atoms with van der Waals surface area (Å²) in [5, 5.41) is 20.9. The van der Waals surface area contributed by atoms with Crippen LogP contribution < -0.4 is 0 Å². The van der Waals surface area contributed by atoms with E-state index < -0.39 is 23.5 Å². The normalized spacial score (nSPS) is 11.7. The lowest BCUT2D eigenvalue weighted by molar-refractivity contribution is -0.137. The van der Waals surface area contributed by atoms with Gasteiger partial charge in [-0.15, -0.1) is 0 Å². The molecule has 0 spiro atoms. The molecule has 67 heavy (non-hydrogen) atoms. The van der Waals surface area contributed by atoms with Crippen LogP contribution in [0.25, 0.3) is 94.8 Å². The van der Waals surface area contributed by atoms with Crippen LogP contribution in [-0.2, 0) is 12.4 Å². The molecule has 0 atom stereocenters. The molecule has 0 aliphatic carbocycles. The van der Waals surface area contributed by atoms with Crippen LogP contribution in [0.5, 0.6) is 0 Å². The first kappa shape index (κ1) is 42.2. The van der Waals surface area contributed by atoms with Gasteiger partial charge in [0.25, 0.3) is 0 Å². The van der Waals surface area contributed by atoms with Gasteiger partial charge < -0.3 is 4.57 Å². The van der Waals surface area contributed by atoms with Gasteiger partial charge >= 0.3 is 12.4 Å². The van der Waals surface area contributed by atoms with Crippen molar-refractivity contribution in [3.05, 3.63) is 210 Å². The molecule has 8 aromatic carbocycles. The number of alkyl halides is 6. The van der Waals surface area contributed by atoms with E-state index in [0.29, 0.717) is 49.9 Å². The van der Waals surface area contributed by atoms with Crippen molar-refractivity contribution in [3.8, 4) is 85.1 Å². The second-order valence-corrected chi connectivity index (χ2v) is 15.8. The molecule has 0 bridgehead atoms. The maximum Gasteiger partial charge on any atom is 0.417 e. The zero-order valence-corrected chi connectivity index (χ0v) is 34.9. The second kappa shape index (κ2) is 16.6. The Morgan fingerprint density at radius 1 is 0.403 bits per heavy atom. The topological polar surface area (TPSA) is 78.3 Å². The van der Waals surface area contributed by atoms with Gasteiger partial charge in [-0.25, -0.2) is 9.97 Å². The fourth-order valence-corrected chi connectivity index (χ4v) is 8.77. The first-order valence-electron chi connectivity index (χ1n) is 20.9. The lowest BCUT2D eigenvalue weighted by Gasteiger charge is -2.24. The van der Waals surface area contributed by atoms with Gasteiger partial charge in [0.05, 0.1) is 62.5 Å². The van der Waals surface area contributed by atoms with Gasteiger partial charge in [-0.3, -0.25) is 0 Å². The maximum atomic E-state index is 15.4. The summed E-state index contributed by atoms with van der Waals surface area (Å²) in [4.78, 5) is 9.93. The van der Waals surface area contributed by atoms with E-state index in [0.717, 1.165) is 23.3 Å². The summed E-state index contributed by atoms with van der Waals surface area (Å²) in [6.45, 7) is 0. The number of nitriles is 2. The minimum Gasteiger partial charge on any atom is -0.308 e. The molecule has 0 aliphatic rings. The Morgan fingerprint density at radius 2 is 0.925 bits per heavy atom. The summed E-state index contributed by atoms with van der Waals surface area (Å²) >= 11 is 0. The number of benzene rings is 8. The van der Waals surface area contributed by atoms with Crippen molar-refractivity contribution in [3.63, 3.8) is 0 Å². The standard InChI is InChI=1S/C56H31F6N5/c57-55(58,59)47-20-10-7-17-41(47)45-29-38(54-65-49(35-13-3-1-4-14-35)31-50(66-54)36-15-5-2-6-16-36)30-46(42-18-8-11-21-48(42)56(60,61)62)53(45)67-51-22-12-9-19-43(51)44-28-37(24-26-52(44)67)40-25-23-34(32-63)27-39(40)33-64/h1-31H. The minimum atomic E-state index is -4.88. The summed E-state index contributed by atoms with van der Waals surface area (Å²) < 4.78 is 93.9. The highest BCUT2D eigenvalue weighted by Gasteiger charge is 2.37. The zero-order chi connectivity index (χ0) is 46.5. The maximum absolute atomic E-state index is 15.4. The van der Waals surface area contributed by atoms with E-state index in [1.165, 1.54) is 54.6 Å². The highest BCUT2D eigenvalue weighted by atomic mass is 19.4. The van der Waals surface area contributed by atoms with Crippen LogP contribution in [0.4, 0.5) is 26.3 Å². The largest absolute Gasteiger partial charge is 0.417 e. The Labute approximate surface area is 379 Å². The van der Waals surface area contributed by atoms with Gasteiger partial charge in [-0.1, -0.05) is 127 Å². The Balaban J connectivity index is 1.37. The molecule has 11 heteroatoms. The molecule has 0 saturated heterocycles. The van der Waals surface area contributed by atoms with E-state index in [-0.39, 0.29) is 44.9 Å². The number of hydrogen-bond acceptors (Lipinski definition) is 4. The summed E-state index contributed by atoms with van der Waals surface area (Å²) in [7, 11) is 0. The molecule has 0 unspecified atom stereocenters. The van der Waals surface area contributed by atoms with E-state index in [9.17, 15) is 10.5 Å². The summed E-state index contributed by atoms with van der Waals surface area (Å²) in [5.74, 6) is 0.0748. The Morgan fingerprint density at radius 3 is 1.48 bits per heavy atom. The predicted molar refractivity (Wildman–Crippen MR) is 248 cm³/mol. The van der Waals surface area contributed by atoms with Crippen LogP contribution in [0.2, 0.25) is 0 Å². The fraction of sp³-hybridized carbons (Fsp3) is 0.0357. The first-order chi connectivity index (χ1) is 32.4. The predicted octanol–water partition coefficient (Wildman–Crippen LogP) is 15.4. The van der Waals surface area contributed by atoms with Gasteiger partial charge in [0.15, 0.2) is 5.82 Å². The Hall–Kier alpha value is -8.80. The number of halogens is 6. The van der Waals surface area contributed by atoms with Crippen molar-refractivity contribution in [1.82, 2.24) is 14.5 Å². The second-order valence-electron chi connectivity index (χ2n) is 15.8. The molecule has 322 valence electrons. The first-order valence-corrected chi connectivity index (χ1v) is 20.9. The molecule has 10 aromatic rings. The molecule has 0 aliphatic heterocycles. The molecular formula is C56H31F6N5. The lowest BCUT2D eigenvalue weighted by Crippen LogP contribution is -2.11. The zero-order valence-electron chi connectivity index (χ0n) is 34.9. The van der Waals surface area contributed by atoms with Gasteiger partial charge in [-0.2, -0.15) is 36.9 Å². The summed E-state index contributed by atoms with van der Waals surface area (Å²) in [6, 6.07) is 54.8. The smallest absolute Gasteiger partial charge is 0.308 e. The molecule has 2 aromatic heterocycles. The Kier molecular flexibility index (Phi) is 10.5. The Bertz CT molecular complexity index is 3500. The molecule has 10 rings (SSSR count). The van der Waals surface area contributed by atoms with Crippen LogP contribution in [0.1, 0.15) is 22.3 Å². The van der Waals surface area contributed by atoms with E-state index in [1.807, 2.05) is 72.8 Å². The third-order valence-electron chi connectivity index (χ3n) is 11.8. The van der Waals surface area contributed by atoms with Gasteiger partial charge in [-0.05, 0) is 82.9 Å². The van der Waals surface area contributed by atoms with Crippen LogP contribution in [0.3, 0.4) is 0 Å². The molecule has 0 fully saturated rings. The van der Waals surface area contributed by atoms with Crippen molar-refractivity contribution in [2.75, 3.05) is 0 Å². The molecular weight excluding hydrogens is 857 g/mol. The minimum absolute atomic E-state index is 0.0297. The SMILES string of the molecule is N#Cc1ccc(-c2ccc3c(c2)c2ccccc2n3-c2c(-c3ccccc3C(F)(F)F)cc(-c3nc(-c4ccccc4)cc(-c4ccccc4)n3)cc2-c2ccccc2C(F)(F)F)c(C#N)c1. The number of hydrogen-bond donors (Lipinski definition) is 0. The average Bonchev–Trinajstić information content (AvgIpc) is 3.68. The molecule has 0 radical (unpaired) electrons. The molecule has 0 amide bonds. The highest BCUT2D eigenvalue weighted by Crippen LogP contribution is 2.49.